The number of benzene rings is 1. The van der Waals surface area contributed by atoms with Crippen molar-refractivity contribution in [2.24, 2.45) is 0 Å². The SMILES string of the molecule is O=C(c1cc(-c2cccs2)on1)N1CCN(S(=O)(=O)c2cccc(C(F)(F)F)c2)CC1. The van der Waals surface area contributed by atoms with Crippen LogP contribution in [0.4, 0.5) is 13.2 Å². The van der Waals surface area contributed by atoms with Crippen molar-refractivity contribution in [1.82, 2.24) is 14.4 Å². The Morgan fingerprint density at radius 3 is 2.45 bits per heavy atom. The van der Waals surface area contributed by atoms with E-state index in [1.165, 1.54) is 22.3 Å². The first-order chi connectivity index (χ1) is 14.7. The molecule has 1 fully saturated rings. The Kier molecular flexibility index (Phi) is 5.62. The zero-order valence-corrected chi connectivity index (χ0v) is 17.5. The number of carbonyl (C=O) groups excluding carboxylic acids is 1. The summed E-state index contributed by atoms with van der Waals surface area (Å²) < 4.78 is 70.6. The Morgan fingerprint density at radius 2 is 1.81 bits per heavy atom. The number of thiophene rings is 1. The van der Waals surface area contributed by atoms with Crippen molar-refractivity contribution < 1.29 is 30.9 Å². The molecular formula is C19H16F3N3O4S2. The molecule has 1 aliphatic rings. The van der Waals surface area contributed by atoms with Crippen molar-refractivity contribution in [2.45, 2.75) is 11.1 Å². The summed E-state index contributed by atoms with van der Waals surface area (Å²) in [4.78, 5) is 14.5. The molecule has 0 atom stereocenters. The highest BCUT2D eigenvalue weighted by Crippen LogP contribution is 2.31. The lowest BCUT2D eigenvalue weighted by Crippen LogP contribution is -2.50. The molecule has 1 aliphatic heterocycles. The van der Waals surface area contributed by atoms with Gasteiger partial charge in [-0.1, -0.05) is 17.3 Å². The molecule has 3 heterocycles. The summed E-state index contributed by atoms with van der Waals surface area (Å²) in [5.41, 5.74) is -0.924. The molecule has 0 spiro atoms. The van der Waals surface area contributed by atoms with Gasteiger partial charge in [0.1, 0.15) is 0 Å². The van der Waals surface area contributed by atoms with Crippen LogP contribution in [0.25, 0.3) is 10.6 Å². The molecule has 12 heteroatoms. The van der Waals surface area contributed by atoms with E-state index in [0.29, 0.717) is 11.8 Å². The fourth-order valence-electron chi connectivity index (χ4n) is 3.19. The minimum Gasteiger partial charge on any atom is -0.355 e. The molecule has 0 N–H and O–H groups in total. The van der Waals surface area contributed by atoms with E-state index in [4.69, 9.17) is 4.52 Å². The van der Waals surface area contributed by atoms with Gasteiger partial charge in [0.15, 0.2) is 11.5 Å². The first kappa shape index (κ1) is 21.5. The molecule has 31 heavy (non-hydrogen) atoms. The van der Waals surface area contributed by atoms with E-state index in [9.17, 15) is 26.4 Å². The molecule has 1 saturated heterocycles. The first-order valence-corrected chi connectivity index (χ1v) is 11.5. The van der Waals surface area contributed by atoms with E-state index in [2.05, 4.69) is 5.16 Å². The maximum Gasteiger partial charge on any atom is 0.416 e. The summed E-state index contributed by atoms with van der Waals surface area (Å²) in [6, 6.07) is 8.83. The van der Waals surface area contributed by atoms with Gasteiger partial charge in [-0.25, -0.2) is 8.42 Å². The summed E-state index contributed by atoms with van der Waals surface area (Å²) >= 11 is 1.44. The molecule has 0 bridgehead atoms. The smallest absolute Gasteiger partial charge is 0.355 e. The number of carbonyl (C=O) groups is 1. The number of hydrogen-bond acceptors (Lipinski definition) is 6. The zero-order chi connectivity index (χ0) is 22.2. The predicted octanol–water partition coefficient (Wildman–Crippen LogP) is 3.57. The van der Waals surface area contributed by atoms with Crippen molar-refractivity contribution >= 4 is 27.3 Å². The molecule has 2 aromatic heterocycles. The Labute approximate surface area is 179 Å². The van der Waals surface area contributed by atoms with E-state index >= 15 is 0 Å². The van der Waals surface area contributed by atoms with Crippen molar-refractivity contribution in [3.63, 3.8) is 0 Å². The average Bonchev–Trinajstić information content (AvgIpc) is 3.45. The van der Waals surface area contributed by atoms with Crippen LogP contribution in [-0.2, 0) is 16.2 Å². The monoisotopic (exact) mass is 471 g/mol. The van der Waals surface area contributed by atoms with Gasteiger partial charge >= 0.3 is 6.18 Å². The zero-order valence-electron chi connectivity index (χ0n) is 15.9. The van der Waals surface area contributed by atoms with E-state index in [0.717, 1.165) is 27.4 Å². The average molecular weight is 471 g/mol. The fourth-order valence-corrected chi connectivity index (χ4v) is 5.33. The minimum absolute atomic E-state index is 0.0417. The highest BCUT2D eigenvalue weighted by molar-refractivity contribution is 7.89. The van der Waals surface area contributed by atoms with Crippen LogP contribution in [-0.4, -0.2) is 54.9 Å². The Hall–Kier alpha value is -2.70. The van der Waals surface area contributed by atoms with E-state index in [-0.39, 0.29) is 31.9 Å². The molecule has 1 amide bonds. The van der Waals surface area contributed by atoms with Crippen LogP contribution in [0.15, 0.2) is 57.3 Å². The number of piperazine rings is 1. The Bertz CT molecular complexity index is 1180. The fraction of sp³-hybridized carbons (Fsp3) is 0.263. The van der Waals surface area contributed by atoms with Gasteiger partial charge in [0, 0.05) is 32.2 Å². The summed E-state index contributed by atoms with van der Waals surface area (Å²) in [7, 11) is -4.12. The number of nitrogens with zero attached hydrogens (tertiary/aromatic N) is 3. The van der Waals surface area contributed by atoms with Crippen molar-refractivity contribution in [3.8, 4) is 10.6 Å². The highest BCUT2D eigenvalue weighted by Gasteiger charge is 2.35. The second-order valence-corrected chi connectivity index (χ2v) is 9.66. The van der Waals surface area contributed by atoms with Gasteiger partial charge in [0.05, 0.1) is 15.3 Å². The number of sulfonamides is 1. The standard InChI is InChI=1S/C19H16F3N3O4S2/c20-19(21,22)13-3-1-4-14(11-13)31(27,28)25-8-6-24(7-9-25)18(26)15-12-16(29-23-15)17-5-2-10-30-17/h1-5,10-12H,6-9H2. The van der Waals surface area contributed by atoms with Gasteiger partial charge in [0.25, 0.3) is 5.91 Å². The third kappa shape index (κ3) is 4.36. The lowest BCUT2D eigenvalue weighted by Gasteiger charge is -2.33. The highest BCUT2D eigenvalue weighted by atomic mass is 32.2. The van der Waals surface area contributed by atoms with Crippen LogP contribution < -0.4 is 0 Å². The van der Waals surface area contributed by atoms with Crippen LogP contribution in [0.1, 0.15) is 16.1 Å². The lowest BCUT2D eigenvalue weighted by molar-refractivity contribution is -0.137. The molecular weight excluding hydrogens is 455 g/mol. The number of hydrogen-bond donors (Lipinski definition) is 0. The van der Waals surface area contributed by atoms with Crippen LogP contribution >= 0.6 is 11.3 Å². The normalized spacial score (nSPS) is 15.9. The third-order valence-electron chi connectivity index (χ3n) is 4.82. The van der Waals surface area contributed by atoms with E-state index in [1.54, 1.807) is 0 Å². The van der Waals surface area contributed by atoms with E-state index in [1.807, 2.05) is 17.5 Å². The number of alkyl halides is 3. The number of halogens is 3. The Morgan fingerprint density at radius 1 is 1.06 bits per heavy atom. The number of rotatable bonds is 4. The van der Waals surface area contributed by atoms with Crippen molar-refractivity contribution in [1.29, 1.82) is 0 Å². The molecule has 3 aromatic rings. The van der Waals surface area contributed by atoms with E-state index < -0.39 is 32.6 Å². The second kappa shape index (κ2) is 8.09. The van der Waals surface area contributed by atoms with Gasteiger partial charge in [-0.2, -0.15) is 17.5 Å². The molecule has 7 nitrogen and oxygen atoms in total. The van der Waals surface area contributed by atoms with Gasteiger partial charge in [-0.05, 0) is 29.6 Å². The molecule has 0 saturated carbocycles. The third-order valence-corrected chi connectivity index (χ3v) is 7.60. The maximum atomic E-state index is 12.9. The molecule has 164 valence electrons. The van der Waals surface area contributed by atoms with Crippen LogP contribution in [0.5, 0.6) is 0 Å². The Balaban J connectivity index is 1.44. The van der Waals surface area contributed by atoms with Gasteiger partial charge in [-0.3, -0.25) is 4.79 Å². The lowest BCUT2D eigenvalue weighted by atomic mass is 10.2. The summed E-state index contributed by atoms with van der Waals surface area (Å²) in [5, 5.41) is 5.66. The molecule has 4 rings (SSSR count). The predicted molar refractivity (Wildman–Crippen MR) is 106 cm³/mol. The first-order valence-electron chi connectivity index (χ1n) is 9.13. The molecule has 0 radical (unpaired) electrons. The molecule has 1 aromatic carbocycles. The maximum absolute atomic E-state index is 12.9. The number of amides is 1. The minimum atomic E-state index is -4.64. The van der Waals surface area contributed by atoms with Gasteiger partial charge in [-0.15, -0.1) is 11.3 Å². The van der Waals surface area contributed by atoms with Crippen molar-refractivity contribution in [2.75, 3.05) is 26.2 Å². The largest absolute Gasteiger partial charge is 0.416 e. The number of aromatic nitrogens is 1. The molecule has 0 aliphatic carbocycles. The van der Waals surface area contributed by atoms with Gasteiger partial charge in [0.2, 0.25) is 10.0 Å². The van der Waals surface area contributed by atoms with Crippen molar-refractivity contribution in [3.05, 3.63) is 59.1 Å². The molecule has 0 unspecified atom stereocenters. The van der Waals surface area contributed by atoms with Crippen LogP contribution in [0, 0.1) is 0 Å². The summed E-state index contributed by atoms with van der Waals surface area (Å²) in [6.07, 6.45) is -4.64. The quantitative estimate of drug-likeness (QED) is 0.581. The second-order valence-electron chi connectivity index (χ2n) is 6.78. The topological polar surface area (TPSA) is 83.7 Å². The van der Waals surface area contributed by atoms with Crippen LogP contribution in [0.3, 0.4) is 0 Å². The van der Waals surface area contributed by atoms with Gasteiger partial charge < -0.3 is 9.42 Å². The summed E-state index contributed by atoms with van der Waals surface area (Å²) in [5.74, 6) is 0.0618. The summed E-state index contributed by atoms with van der Waals surface area (Å²) in [6.45, 7) is 0.0797. The van der Waals surface area contributed by atoms with Crippen LogP contribution in [0.2, 0.25) is 0 Å².